The van der Waals surface area contributed by atoms with Crippen LogP contribution in [-0.2, 0) is 16.1 Å². The smallest absolute Gasteiger partial charge is 0.407 e. The summed E-state index contributed by atoms with van der Waals surface area (Å²) in [5, 5.41) is 17.5. The van der Waals surface area contributed by atoms with Gasteiger partial charge in [-0.05, 0) is 32.8 Å². The highest BCUT2D eigenvalue weighted by Crippen LogP contribution is 2.38. The van der Waals surface area contributed by atoms with Gasteiger partial charge >= 0.3 is 6.09 Å². The molecule has 1 fully saturated rings. The Labute approximate surface area is 188 Å². The number of H-pyrrole nitrogens is 1. The third kappa shape index (κ3) is 4.78. The zero-order valence-electron chi connectivity index (χ0n) is 17.9. The monoisotopic (exact) mass is 465 g/mol. The predicted molar refractivity (Wildman–Crippen MR) is 116 cm³/mol. The number of nitrogens with zero attached hydrogens (tertiary/aromatic N) is 4. The molecule has 3 heterocycles. The highest BCUT2D eigenvalue weighted by atomic mass is 35.5. The molecule has 1 aliphatic rings. The number of alkyl carbamates (subject to hydrolysis) is 1. The Kier molecular flexibility index (Phi) is 6.47. The second-order valence-corrected chi connectivity index (χ2v) is 8.40. The number of carbonyl (C=O) groups excluding carboxylic acids is 1. The van der Waals surface area contributed by atoms with Gasteiger partial charge in [0.15, 0.2) is 11.6 Å². The Balaban J connectivity index is 1.47. The Hall–Kier alpha value is -2.92. The fourth-order valence-corrected chi connectivity index (χ4v) is 3.99. The molecule has 3 atom stereocenters. The molecule has 0 radical (unpaired) electrons. The average Bonchev–Trinajstić information content (AvgIpc) is 3.41. The van der Waals surface area contributed by atoms with E-state index in [4.69, 9.17) is 21.1 Å². The molecule has 3 aromatic heterocycles. The van der Waals surface area contributed by atoms with Crippen LogP contribution < -0.4 is 10.6 Å². The van der Waals surface area contributed by atoms with Gasteiger partial charge in [0.1, 0.15) is 22.9 Å². The lowest BCUT2D eigenvalue weighted by atomic mass is 10.0. The maximum atomic E-state index is 15.0. The number of carbonyl (C=O) groups is 1. The van der Waals surface area contributed by atoms with Crippen LogP contribution in [0.1, 0.15) is 44.0 Å². The zero-order chi connectivity index (χ0) is 22.8. The largest absolute Gasteiger partial charge is 0.443 e. The maximum absolute atomic E-state index is 15.0. The minimum absolute atomic E-state index is 0.0769. The summed E-state index contributed by atoms with van der Waals surface area (Å²) in [4.78, 5) is 16.1. The molecule has 10 nitrogen and oxygen atoms in total. The number of ether oxygens (including phenoxy) is 2. The first-order chi connectivity index (χ1) is 15.3. The van der Waals surface area contributed by atoms with Crippen molar-refractivity contribution in [2.45, 2.75) is 57.5 Å². The van der Waals surface area contributed by atoms with Crippen molar-refractivity contribution in [1.82, 2.24) is 30.1 Å². The highest BCUT2D eigenvalue weighted by molar-refractivity contribution is 6.29. The Morgan fingerprint density at radius 3 is 2.97 bits per heavy atom. The zero-order valence-corrected chi connectivity index (χ0v) is 18.7. The minimum Gasteiger partial charge on any atom is -0.443 e. The van der Waals surface area contributed by atoms with Crippen molar-refractivity contribution in [3.05, 3.63) is 34.9 Å². The van der Waals surface area contributed by atoms with Crippen LogP contribution in [0.2, 0.25) is 5.15 Å². The predicted octanol–water partition coefficient (Wildman–Crippen LogP) is 3.71. The molecular weight excluding hydrogens is 441 g/mol. The lowest BCUT2D eigenvalue weighted by Crippen LogP contribution is -2.36. The van der Waals surface area contributed by atoms with Crippen molar-refractivity contribution < 1.29 is 18.7 Å². The van der Waals surface area contributed by atoms with Gasteiger partial charge in [0.25, 0.3) is 0 Å². The number of anilines is 2. The molecule has 0 bridgehead atoms. The average molecular weight is 466 g/mol. The molecule has 0 aliphatic heterocycles. The number of methoxy groups -OCH3 is 1. The number of aromatic nitrogens is 5. The molecular formula is C20H25ClFN7O3. The van der Waals surface area contributed by atoms with Gasteiger partial charge < -0.3 is 20.1 Å². The molecule has 3 aromatic rings. The molecule has 1 amide bonds. The summed E-state index contributed by atoms with van der Waals surface area (Å²) in [6, 6.07) is 3.48. The molecule has 172 valence electrons. The first kappa shape index (κ1) is 22.3. The minimum atomic E-state index is -1.33. The molecule has 12 heteroatoms. The van der Waals surface area contributed by atoms with E-state index >= 15 is 0 Å². The van der Waals surface area contributed by atoms with Crippen LogP contribution in [0.25, 0.3) is 5.52 Å². The van der Waals surface area contributed by atoms with E-state index in [1.807, 2.05) is 19.9 Å². The highest BCUT2D eigenvalue weighted by Gasteiger charge is 2.40. The van der Waals surface area contributed by atoms with Crippen LogP contribution in [0.15, 0.2) is 18.3 Å². The summed E-state index contributed by atoms with van der Waals surface area (Å²) < 4.78 is 27.0. The van der Waals surface area contributed by atoms with Gasteiger partial charge in [-0.25, -0.2) is 18.7 Å². The van der Waals surface area contributed by atoms with E-state index in [1.165, 1.54) is 0 Å². The fourth-order valence-electron chi connectivity index (χ4n) is 3.82. The van der Waals surface area contributed by atoms with Crippen LogP contribution in [0.3, 0.4) is 0 Å². The number of amides is 1. The second-order valence-electron chi connectivity index (χ2n) is 8.02. The standard InChI is InChI=1S/C20H25ClFN7O3/c1-10(2)23-20(30)32-15-5-4-12(18(15)22)13-7-17(27-26-13)25-19-14-6-11(9-31-3)28-29(14)8-16(21)24-19/h6-8,10,12,15,18H,4-5,9H2,1-3H3,(H,23,30)(H2,24,25,26,27)/t12-,15-,18+/m0/s1. The first-order valence-corrected chi connectivity index (χ1v) is 10.7. The SMILES string of the molecule is COCc1cc2c(Nc3cc([C@@H]4CC[C@H](OC(=O)NC(C)C)[C@@H]4F)[nH]n3)nc(Cl)cn2n1. The van der Waals surface area contributed by atoms with Gasteiger partial charge in [0.05, 0.1) is 18.5 Å². The third-order valence-corrected chi connectivity index (χ3v) is 5.36. The van der Waals surface area contributed by atoms with Gasteiger partial charge in [-0.3, -0.25) is 5.10 Å². The molecule has 0 spiro atoms. The third-order valence-electron chi connectivity index (χ3n) is 5.18. The van der Waals surface area contributed by atoms with Crippen molar-refractivity contribution in [2.24, 2.45) is 0 Å². The van der Waals surface area contributed by atoms with E-state index in [-0.39, 0.29) is 11.2 Å². The summed E-state index contributed by atoms with van der Waals surface area (Å²) in [5.74, 6) is 0.464. The molecule has 0 unspecified atom stereocenters. The first-order valence-electron chi connectivity index (χ1n) is 10.3. The normalized spacial score (nSPS) is 20.8. The van der Waals surface area contributed by atoms with E-state index in [0.717, 1.165) is 5.69 Å². The van der Waals surface area contributed by atoms with Gasteiger partial charge in [-0.2, -0.15) is 10.2 Å². The Bertz CT molecular complexity index is 1100. The van der Waals surface area contributed by atoms with Crippen molar-refractivity contribution in [3.8, 4) is 0 Å². The van der Waals surface area contributed by atoms with Crippen molar-refractivity contribution in [3.63, 3.8) is 0 Å². The quantitative estimate of drug-likeness (QED) is 0.486. The van der Waals surface area contributed by atoms with E-state index in [0.29, 0.717) is 42.3 Å². The number of alkyl halides is 1. The topological polar surface area (TPSA) is 118 Å². The number of fused-ring (bicyclic) bond motifs is 1. The molecule has 1 saturated carbocycles. The van der Waals surface area contributed by atoms with Crippen LogP contribution in [0.4, 0.5) is 20.8 Å². The van der Waals surface area contributed by atoms with Crippen LogP contribution in [-0.4, -0.2) is 56.3 Å². The Morgan fingerprint density at radius 2 is 2.22 bits per heavy atom. The van der Waals surface area contributed by atoms with Crippen LogP contribution >= 0.6 is 11.6 Å². The molecule has 0 saturated heterocycles. The lowest BCUT2D eigenvalue weighted by molar-refractivity contribution is 0.0555. The van der Waals surface area contributed by atoms with E-state index in [2.05, 4.69) is 30.9 Å². The van der Waals surface area contributed by atoms with Gasteiger partial charge in [-0.15, -0.1) is 0 Å². The maximum Gasteiger partial charge on any atom is 0.407 e. The summed E-state index contributed by atoms with van der Waals surface area (Å²) >= 11 is 6.13. The van der Waals surface area contributed by atoms with Gasteiger partial charge in [-0.1, -0.05) is 11.6 Å². The van der Waals surface area contributed by atoms with Gasteiger partial charge in [0.2, 0.25) is 0 Å². The summed E-state index contributed by atoms with van der Waals surface area (Å²) in [5.41, 5.74) is 2.03. The summed E-state index contributed by atoms with van der Waals surface area (Å²) in [6.45, 7) is 3.98. The summed E-state index contributed by atoms with van der Waals surface area (Å²) in [6.07, 6.45) is -0.162. The number of hydrogen-bond donors (Lipinski definition) is 3. The second kappa shape index (κ2) is 9.29. The Morgan fingerprint density at radius 1 is 1.41 bits per heavy atom. The summed E-state index contributed by atoms with van der Waals surface area (Å²) in [7, 11) is 1.59. The van der Waals surface area contributed by atoms with E-state index in [1.54, 1.807) is 23.9 Å². The van der Waals surface area contributed by atoms with Crippen molar-refractivity contribution in [1.29, 1.82) is 0 Å². The molecule has 4 rings (SSSR count). The number of nitrogens with one attached hydrogen (secondary N) is 3. The fraction of sp³-hybridized carbons (Fsp3) is 0.500. The van der Waals surface area contributed by atoms with Crippen LogP contribution in [0.5, 0.6) is 0 Å². The number of aromatic amines is 1. The van der Waals surface area contributed by atoms with E-state index < -0.39 is 24.3 Å². The molecule has 3 N–H and O–H groups in total. The van der Waals surface area contributed by atoms with E-state index in [9.17, 15) is 9.18 Å². The molecule has 0 aromatic carbocycles. The number of rotatable bonds is 7. The van der Waals surface area contributed by atoms with Crippen molar-refractivity contribution in [2.75, 3.05) is 12.4 Å². The number of halogens is 2. The molecule has 1 aliphatic carbocycles. The van der Waals surface area contributed by atoms with Crippen LogP contribution in [0, 0.1) is 0 Å². The van der Waals surface area contributed by atoms with Crippen molar-refractivity contribution >= 4 is 34.8 Å². The number of hydrogen-bond acceptors (Lipinski definition) is 7. The van der Waals surface area contributed by atoms with Gasteiger partial charge in [0, 0.05) is 30.8 Å². The molecule has 32 heavy (non-hydrogen) atoms. The lowest BCUT2D eigenvalue weighted by Gasteiger charge is -2.18.